The van der Waals surface area contributed by atoms with Crippen molar-refractivity contribution in [1.82, 2.24) is 10.2 Å². The molecule has 0 aliphatic rings. The van der Waals surface area contributed by atoms with Crippen LogP contribution in [0.25, 0.3) is 0 Å². The van der Waals surface area contributed by atoms with E-state index in [0.29, 0.717) is 19.1 Å². The van der Waals surface area contributed by atoms with Crippen LogP contribution in [-0.2, 0) is 4.74 Å². The Morgan fingerprint density at radius 3 is 2.52 bits per heavy atom. The molecule has 0 aliphatic heterocycles. The van der Waals surface area contributed by atoms with Crippen LogP contribution in [0.1, 0.15) is 58.2 Å². The number of hydrogen-bond acceptors (Lipinski definition) is 3. The lowest BCUT2D eigenvalue weighted by atomic mass is 10.0. The number of carbonyl (C=O) groups is 1. The van der Waals surface area contributed by atoms with Gasteiger partial charge in [-0.3, -0.25) is 0 Å². The Morgan fingerprint density at radius 1 is 1.30 bits per heavy atom. The molecule has 0 radical (unpaired) electrons. The molecule has 1 rings (SSSR count). The van der Waals surface area contributed by atoms with Crippen molar-refractivity contribution >= 4 is 6.09 Å². The molecule has 23 heavy (non-hydrogen) atoms. The van der Waals surface area contributed by atoms with E-state index in [1.807, 2.05) is 27.7 Å². The third-order valence-corrected chi connectivity index (χ3v) is 3.74. The van der Waals surface area contributed by atoms with Gasteiger partial charge in [0.2, 0.25) is 0 Å². The van der Waals surface area contributed by atoms with Crippen molar-refractivity contribution < 1.29 is 9.53 Å². The van der Waals surface area contributed by atoms with E-state index in [2.05, 4.69) is 43.4 Å². The Bertz CT molecular complexity index is 494. The largest absolute Gasteiger partial charge is 0.444 e. The van der Waals surface area contributed by atoms with Gasteiger partial charge < -0.3 is 15.0 Å². The summed E-state index contributed by atoms with van der Waals surface area (Å²) in [5.74, 6) is 0. The van der Waals surface area contributed by atoms with Gasteiger partial charge in [-0.1, -0.05) is 24.3 Å². The lowest BCUT2D eigenvalue weighted by Crippen LogP contribution is -2.38. The number of aryl methyl sites for hydroxylation is 1. The van der Waals surface area contributed by atoms with Gasteiger partial charge >= 0.3 is 6.09 Å². The van der Waals surface area contributed by atoms with Gasteiger partial charge in [0.1, 0.15) is 5.60 Å². The fourth-order valence-electron chi connectivity index (χ4n) is 2.48. The summed E-state index contributed by atoms with van der Waals surface area (Å²) in [6, 6.07) is 8.74. The van der Waals surface area contributed by atoms with Crippen molar-refractivity contribution in [1.29, 1.82) is 0 Å². The van der Waals surface area contributed by atoms with E-state index in [1.54, 1.807) is 4.90 Å². The Kier molecular flexibility index (Phi) is 7.56. The fourth-order valence-corrected chi connectivity index (χ4v) is 2.48. The van der Waals surface area contributed by atoms with Gasteiger partial charge in [-0.15, -0.1) is 0 Å². The van der Waals surface area contributed by atoms with Crippen molar-refractivity contribution in [3.63, 3.8) is 0 Å². The summed E-state index contributed by atoms with van der Waals surface area (Å²) in [6.45, 7) is 14.2. The SMILES string of the molecule is CCN(CCCNC(C)c1ccccc1C)C(=O)OC(C)(C)C. The van der Waals surface area contributed by atoms with E-state index < -0.39 is 5.60 Å². The van der Waals surface area contributed by atoms with Gasteiger partial charge in [0.15, 0.2) is 0 Å². The van der Waals surface area contributed by atoms with E-state index in [-0.39, 0.29) is 6.09 Å². The van der Waals surface area contributed by atoms with Crippen LogP contribution < -0.4 is 5.32 Å². The van der Waals surface area contributed by atoms with Gasteiger partial charge in [-0.2, -0.15) is 0 Å². The van der Waals surface area contributed by atoms with E-state index in [9.17, 15) is 4.79 Å². The molecule has 0 heterocycles. The molecular formula is C19H32N2O2. The highest BCUT2D eigenvalue weighted by atomic mass is 16.6. The second-order valence-electron chi connectivity index (χ2n) is 6.95. The molecule has 0 bridgehead atoms. The van der Waals surface area contributed by atoms with Gasteiger partial charge in [0.25, 0.3) is 0 Å². The minimum Gasteiger partial charge on any atom is -0.444 e. The molecule has 0 fully saturated rings. The molecule has 4 nitrogen and oxygen atoms in total. The van der Waals surface area contributed by atoms with Crippen molar-refractivity contribution in [2.24, 2.45) is 0 Å². The van der Waals surface area contributed by atoms with Crippen LogP contribution in [0.3, 0.4) is 0 Å². The van der Waals surface area contributed by atoms with Crippen LogP contribution in [-0.4, -0.2) is 36.2 Å². The highest BCUT2D eigenvalue weighted by Gasteiger charge is 2.20. The van der Waals surface area contributed by atoms with Crippen LogP contribution in [0.15, 0.2) is 24.3 Å². The number of ether oxygens (including phenoxy) is 1. The number of rotatable bonds is 7. The molecule has 1 N–H and O–H groups in total. The highest BCUT2D eigenvalue weighted by Crippen LogP contribution is 2.16. The maximum Gasteiger partial charge on any atom is 0.410 e. The Balaban J connectivity index is 2.38. The molecule has 0 aromatic heterocycles. The lowest BCUT2D eigenvalue weighted by molar-refractivity contribution is 0.0258. The van der Waals surface area contributed by atoms with E-state index in [0.717, 1.165) is 13.0 Å². The van der Waals surface area contributed by atoms with E-state index in [1.165, 1.54) is 11.1 Å². The maximum absolute atomic E-state index is 12.1. The first-order valence-electron chi connectivity index (χ1n) is 8.51. The second kappa shape index (κ2) is 8.92. The van der Waals surface area contributed by atoms with Crippen molar-refractivity contribution in [3.05, 3.63) is 35.4 Å². The Labute approximate surface area is 141 Å². The smallest absolute Gasteiger partial charge is 0.410 e. The normalized spacial score (nSPS) is 12.8. The first-order valence-corrected chi connectivity index (χ1v) is 8.51. The highest BCUT2D eigenvalue weighted by molar-refractivity contribution is 5.68. The van der Waals surface area contributed by atoms with Gasteiger partial charge in [-0.05, 0) is 65.6 Å². The monoisotopic (exact) mass is 320 g/mol. The Morgan fingerprint density at radius 2 is 1.96 bits per heavy atom. The van der Waals surface area contributed by atoms with Crippen molar-refractivity contribution in [2.45, 2.75) is 59.6 Å². The number of benzene rings is 1. The lowest BCUT2D eigenvalue weighted by Gasteiger charge is -2.26. The van der Waals surface area contributed by atoms with Crippen LogP contribution in [0.5, 0.6) is 0 Å². The minimum absolute atomic E-state index is 0.230. The molecule has 1 aromatic rings. The maximum atomic E-state index is 12.1. The number of amides is 1. The fraction of sp³-hybridized carbons (Fsp3) is 0.632. The van der Waals surface area contributed by atoms with Crippen molar-refractivity contribution in [2.75, 3.05) is 19.6 Å². The number of nitrogens with one attached hydrogen (secondary N) is 1. The summed E-state index contributed by atoms with van der Waals surface area (Å²) in [5.41, 5.74) is 2.19. The molecule has 1 unspecified atom stereocenters. The predicted molar refractivity (Wildman–Crippen MR) is 95.7 cm³/mol. The average Bonchev–Trinajstić information content (AvgIpc) is 2.45. The molecule has 0 saturated carbocycles. The average molecular weight is 320 g/mol. The quantitative estimate of drug-likeness (QED) is 0.762. The molecule has 0 aliphatic carbocycles. The Hall–Kier alpha value is -1.55. The molecule has 1 atom stereocenters. The number of carbonyl (C=O) groups excluding carboxylic acids is 1. The first kappa shape index (κ1) is 19.5. The van der Waals surface area contributed by atoms with Crippen LogP contribution >= 0.6 is 0 Å². The van der Waals surface area contributed by atoms with Crippen LogP contribution in [0.2, 0.25) is 0 Å². The molecule has 1 amide bonds. The number of nitrogens with zero attached hydrogens (tertiary/aromatic N) is 1. The minimum atomic E-state index is -0.442. The van der Waals surface area contributed by atoms with Gasteiger partial charge in [0, 0.05) is 19.1 Å². The summed E-state index contributed by atoms with van der Waals surface area (Å²) in [6.07, 6.45) is 0.676. The molecule has 0 saturated heterocycles. The summed E-state index contributed by atoms with van der Waals surface area (Å²) in [4.78, 5) is 13.8. The zero-order chi connectivity index (χ0) is 17.5. The first-order chi connectivity index (χ1) is 10.7. The summed E-state index contributed by atoms with van der Waals surface area (Å²) >= 11 is 0. The molecule has 130 valence electrons. The van der Waals surface area contributed by atoms with E-state index >= 15 is 0 Å². The molecule has 0 spiro atoms. The summed E-state index contributed by atoms with van der Waals surface area (Å²) in [7, 11) is 0. The second-order valence-corrected chi connectivity index (χ2v) is 6.95. The third kappa shape index (κ3) is 7.04. The summed E-state index contributed by atoms with van der Waals surface area (Å²) < 4.78 is 5.42. The van der Waals surface area contributed by atoms with Crippen LogP contribution in [0, 0.1) is 6.92 Å². The van der Waals surface area contributed by atoms with E-state index in [4.69, 9.17) is 4.74 Å². The summed E-state index contributed by atoms with van der Waals surface area (Å²) in [5, 5.41) is 3.53. The zero-order valence-corrected chi connectivity index (χ0v) is 15.5. The molecule has 4 heteroatoms. The standard InChI is InChI=1S/C19H32N2O2/c1-7-21(18(22)23-19(4,5)6)14-10-13-20-16(3)17-12-9-8-11-15(17)2/h8-9,11-12,16,20H,7,10,13-14H2,1-6H3. The van der Waals surface area contributed by atoms with Gasteiger partial charge in [0.05, 0.1) is 0 Å². The van der Waals surface area contributed by atoms with Crippen LogP contribution in [0.4, 0.5) is 4.79 Å². The molecular weight excluding hydrogens is 288 g/mol. The number of hydrogen-bond donors (Lipinski definition) is 1. The molecule has 1 aromatic carbocycles. The third-order valence-electron chi connectivity index (χ3n) is 3.74. The van der Waals surface area contributed by atoms with Crippen molar-refractivity contribution in [3.8, 4) is 0 Å². The van der Waals surface area contributed by atoms with Gasteiger partial charge in [-0.25, -0.2) is 4.79 Å². The zero-order valence-electron chi connectivity index (χ0n) is 15.5. The topological polar surface area (TPSA) is 41.6 Å². The predicted octanol–water partition coefficient (Wildman–Crippen LogP) is 4.29.